The molecule has 37 heavy (non-hydrogen) atoms. The van der Waals surface area contributed by atoms with Crippen LogP contribution < -0.4 is 10.1 Å². The van der Waals surface area contributed by atoms with Gasteiger partial charge >= 0.3 is 0 Å². The molecule has 2 aliphatic rings. The molecule has 0 spiro atoms. The molecule has 2 aliphatic heterocycles. The van der Waals surface area contributed by atoms with Crippen LogP contribution in [0.1, 0.15) is 44.6 Å². The molecule has 0 saturated carbocycles. The van der Waals surface area contributed by atoms with Crippen LogP contribution in [0.4, 0.5) is 15.9 Å². The quantitative estimate of drug-likeness (QED) is 0.336. The predicted molar refractivity (Wildman–Crippen MR) is 152 cm³/mol. The first-order chi connectivity index (χ1) is 18.0. The molecular formula is C28H34ClFN5OP. The number of hydrogen-bond donors (Lipinski definition) is 1. The van der Waals surface area contributed by atoms with Gasteiger partial charge in [-0.3, -0.25) is 4.90 Å². The van der Waals surface area contributed by atoms with Crippen LogP contribution in [0.3, 0.4) is 0 Å². The van der Waals surface area contributed by atoms with Crippen molar-refractivity contribution >= 4 is 48.3 Å². The average molecular weight is 542 g/mol. The summed E-state index contributed by atoms with van der Waals surface area (Å²) in [7, 11) is 3.81. The van der Waals surface area contributed by atoms with Crippen LogP contribution in [0.2, 0.25) is 5.02 Å². The smallest absolute Gasteiger partial charge is 0.141 e. The molecule has 1 aromatic heterocycles. The van der Waals surface area contributed by atoms with Crippen molar-refractivity contribution in [3.8, 4) is 5.75 Å². The standard InChI is InChI=1S/C28H34ClFN5OP/c1-2-19-15-25-22(28(32-18-31-25)33-20-6-7-24(30)23(29)16-20)17-26(19)36-21-8-11-34(12-9-21)13-14-35-10-4-3-5-27(35)37/h6-7,15-18,21,37H,2-5,8-14H2,1H3,(H,31,32,33). The van der Waals surface area contributed by atoms with E-state index in [1.807, 2.05) is 6.07 Å². The molecular weight excluding hydrogens is 508 g/mol. The average Bonchev–Trinajstić information content (AvgIpc) is 2.91. The van der Waals surface area contributed by atoms with Crippen molar-refractivity contribution in [1.29, 1.82) is 0 Å². The SMILES string of the molecule is CCc1cc2ncnc(Nc3ccc(F)c(Cl)c3)c2cc1OC1CCN(CCN2CCCCC2=P)CC1. The minimum absolute atomic E-state index is 0.0635. The maximum atomic E-state index is 13.6. The molecule has 1 N–H and O–H groups in total. The van der Waals surface area contributed by atoms with E-state index in [1.165, 1.54) is 30.7 Å². The molecule has 3 aromatic rings. The van der Waals surface area contributed by atoms with Crippen molar-refractivity contribution in [2.75, 3.05) is 38.0 Å². The largest absolute Gasteiger partial charge is 0.490 e. The Morgan fingerprint density at radius 3 is 2.70 bits per heavy atom. The van der Waals surface area contributed by atoms with Gasteiger partial charge in [-0.1, -0.05) is 18.5 Å². The van der Waals surface area contributed by atoms with Crippen LogP contribution in [-0.2, 0) is 6.42 Å². The van der Waals surface area contributed by atoms with E-state index in [1.54, 1.807) is 12.1 Å². The van der Waals surface area contributed by atoms with Crippen molar-refractivity contribution in [2.24, 2.45) is 0 Å². The van der Waals surface area contributed by atoms with Crippen molar-refractivity contribution in [3.63, 3.8) is 0 Å². The Balaban J connectivity index is 1.25. The molecule has 0 aliphatic carbocycles. The third kappa shape index (κ3) is 6.40. The molecule has 2 fully saturated rings. The molecule has 5 rings (SSSR count). The lowest BCUT2D eigenvalue weighted by Gasteiger charge is -2.35. The molecule has 0 radical (unpaired) electrons. The number of hydrogen-bond acceptors (Lipinski definition) is 5. The predicted octanol–water partition coefficient (Wildman–Crippen LogP) is 6.33. The van der Waals surface area contributed by atoms with Crippen LogP contribution in [-0.4, -0.2) is 64.0 Å². The van der Waals surface area contributed by atoms with Crippen molar-refractivity contribution in [3.05, 3.63) is 53.1 Å². The maximum Gasteiger partial charge on any atom is 0.141 e. The van der Waals surface area contributed by atoms with Gasteiger partial charge in [-0.2, -0.15) is 0 Å². The van der Waals surface area contributed by atoms with Gasteiger partial charge in [0.1, 0.15) is 29.8 Å². The zero-order valence-electron chi connectivity index (χ0n) is 21.3. The Kier molecular flexibility index (Phi) is 8.56. The first-order valence-corrected chi connectivity index (χ1v) is 14.1. The molecule has 0 bridgehead atoms. The topological polar surface area (TPSA) is 53.5 Å². The molecule has 196 valence electrons. The van der Waals surface area contributed by atoms with Gasteiger partial charge in [-0.25, -0.2) is 14.4 Å². The van der Waals surface area contributed by atoms with Crippen molar-refractivity contribution in [2.45, 2.75) is 51.6 Å². The number of anilines is 2. The zero-order valence-corrected chi connectivity index (χ0v) is 23.0. The number of benzene rings is 2. The van der Waals surface area contributed by atoms with Crippen LogP contribution in [0, 0.1) is 5.82 Å². The van der Waals surface area contributed by atoms with E-state index >= 15 is 0 Å². The highest BCUT2D eigenvalue weighted by Crippen LogP contribution is 2.32. The summed E-state index contributed by atoms with van der Waals surface area (Å²) < 4.78 is 20.2. The minimum Gasteiger partial charge on any atom is -0.490 e. The highest BCUT2D eigenvalue weighted by atomic mass is 35.5. The Morgan fingerprint density at radius 1 is 1.11 bits per heavy atom. The summed E-state index contributed by atoms with van der Waals surface area (Å²) in [5.74, 6) is 1.07. The summed E-state index contributed by atoms with van der Waals surface area (Å²) in [5, 5.41) is 4.18. The third-order valence-electron chi connectivity index (χ3n) is 7.37. The van der Waals surface area contributed by atoms with Crippen LogP contribution in [0.5, 0.6) is 5.75 Å². The second-order valence-electron chi connectivity index (χ2n) is 9.86. The molecule has 0 atom stereocenters. The molecule has 2 aromatic carbocycles. The van der Waals surface area contributed by atoms with Crippen LogP contribution in [0.15, 0.2) is 36.7 Å². The monoisotopic (exact) mass is 541 g/mol. The van der Waals surface area contributed by atoms with Gasteiger partial charge in [0.25, 0.3) is 0 Å². The molecule has 3 heterocycles. The van der Waals surface area contributed by atoms with Crippen LogP contribution >= 0.6 is 20.5 Å². The Labute approximate surface area is 225 Å². The fourth-order valence-electron chi connectivity index (χ4n) is 5.15. The van der Waals surface area contributed by atoms with Gasteiger partial charge < -0.3 is 15.0 Å². The lowest BCUT2D eigenvalue weighted by molar-refractivity contribution is 0.0964. The van der Waals surface area contributed by atoms with Gasteiger partial charge in [0, 0.05) is 49.2 Å². The highest BCUT2D eigenvalue weighted by Gasteiger charge is 2.23. The van der Waals surface area contributed by atoms with Gasteiger partial charge in [0.2, 0.25) is 0 Å². The number of nitrogens with zero attached hydrogens (tertiary/aromatic N) is 4. The van der Waals surface area contributed by atoms with Gasteiger partial charge in [-0.05, 0) is 74.4 Å². The number of aromatic nitrogens is 2. The Bertz CT molecular complexity index is 1270. The molecule has 0 amide bonds. The van der Waals surface area contributed by atoms with E-state index in [9.17, 15) is 4.39 Å². The summed E-state index contributed by atoms with van der Waals surface area (Å²) in [6, 6.07) is 8.66. The summed E-state index contributed by atoms with van der Waals surface area (Å²) in [6.45, 7) is 7.57. The first kappa shape index (κ1) is 26.3. The van der Waals surface area contributed by atoms with E-state index in [0.29, 0.717) is 11.5 Å². The molecule has 6 nitrogen and oxygen atoms in total. The zero-order chi connectivity index (χ0) is 25.8. The molecule has 9 heteroatoms. The second-order valence-corrected chi connectivity index (χ2v) is 10.8. The van der Waals surface area contributed by atoms with E-state index in [0.717, 1.165) is 80.6 Å². The van der Waals surface area contributed by atoms with Gasteiger partial charge in [-0.15, -0.1) is 8.86 Å². The lowest BCUT2D eigenvalue weighted by atomic mass is 10.1. The number of fused-ring (bicyclic) bond motifs is 1. The van der Waals surface area contributed by atoms with Gasteiger partial charge in [0.15, 0.2) is 0 Å². The highest BCUT2D eigenvalue weighted by molar-refractivity contribution is 7.20. The summed E-state index contributed by atoms with van der Waals surface area (Å²) in [4.78, 5) is 14.0. The number of halogens is 2. The number of aryl methyl sites for hydroxylation is 1. The molecule has 2 saturated heterocycles. The second kappa shape index (κ2) is 12.0. The number of piperidine rings is 2. The van der Waals surface area contributed by atoms with Gasteiger partial charge in [0.05, 0.1) is 10.5 Å². The van der Waals surface area contributed by atoms with E-state index in [-0.39, 0.29) is 11.1 Å². The number of ether oxygens (including phenoxy) is 1. The van der Waals surface area contributed by atoms with Crippen molar-refractivity contribution in [1.82, 2.24) is 19.8 Å². The molecule has 0 unspecified atom stereocenters. The Hall–Kier alpha value is -2.31. The third-order valence-corrected chi connectivity index (χ3v) is 8.22. The fraction of sp³-hybridized carbons (Fsp3) is 0.464. The summed E-state index contributed by atoms with van der Waals surface area (Å²) in [5.41, 5.74) is 3.99. The van der Waals surface area contributed by atoms with Crippen molar-refractivity contribution < 1.29 is 9.13 Å². The normalized spacial score (nSPS) is 17.9. The minimum atomic E-state index is -0.452. The first-order valence-electron chi connectivity index (χ1n) is 13.2. The lowest BCUT2D eigenvalue weighted by Crippen LogP contribution is -2.44. The summed E-state index contributed by atoms with van der Waals surface area (Å²) in [6.07, 6.45) is 8.33. The van der Waals surface area contributed by atoms with E-state index in [2.05, 4.69) is 46.9 Å². The summed E-state index contributed by atoms with van der Waals surface area (Å²) >= 11 is 5.97. The number of nitrogens with one attached hydrogen (secondary N) is 1. The number of rotatable bonds is 8. The number of likely N-dealkylation sites (tertiary alicyclic amines) is 2. The van der Waals surface area contributed by atoms with Crippen LogP contribution in [0.25, 0.3) is 10.9 Å². The fourth-order valence-corrected chi connectivity index (χ4v) is 5.73. The maximum absolute atomic E-state index is 13.6. The van der Waals surface area contributed by atoms with E-state index < -0.39 is 5.82 Å². The Morgan fingerprint density at radius 2 is 1.95 bits per heavy atom. The van der Waals surface area contributed by atoms with E-state index in [4.69, 9.17) is 16.3 Å².